The molecule has 0 radical (unpaired) electrons. The van der Waals surface area contributed by atoms with Gasteiger partial charge in [0.25, 0.3) is 0 Å². The van der Waals surface area contributed by atoms with E-state index in [1.54, 1.807) is 0 Å². The van der Waals surface area contributed by atoms with Crippen LogP contribution in [0.15, 0.2) is 48.5 Å². The van der Waals surface area contributed by atoms with Crippen LogP contribution in [-0.4, -0.2) is 13.1 Å². The summed E-state index contributed by atoms with van der Waals surface area (Å²) in [7, 11) is 0. The van der Waals surface area contributed by atoms with E-state index in [9.17, 15) is 26.3 Å². The van der Waals surface area contributed by atoms with E-state index in [2.05, 4.69) is 10.6 Å². The summed E-state index contributed by atoms with van der Waals surface area (Å²) in [5.41, 5.74) is -1.97. The molecule has 0 unspecified atom stereocenters. The highest BCUT2D eigenvalue weighted by molar-refractivity contribution is 5.50. The van der Waals surface area contributed by atoms with Crippen molar-refractivity contribution < 1.29 is 26.3 Å². The number of alkyl halides is 6. The van der Waals surface area contributed by atoms with Crippen molar-refractivity contribution in [1.82, 2.24) is 0 Å². The van der Waals surface area contributed by atoms with Crippen molar-refractivity contribution in [2.24, 2.45) is 0 Å². The molecule has 0 saturated heterocycles. The number of para-hydroxylation sites is 1. The molecule has 8 heteroatoms. The van der Waals surface area contributed by atoms with Gasteiger partial charge in [-0.25, -0.2) is 0 Å². The van der Waals surface area contributed by atoms with Crippen LogP contribution in [0, 0.1) is 0 Å². The Balaban J connectivity index is 1.96. The highest BCUT2D eigenvalue weighted by atomic mass is 19.4. The number of hydrogen-bond acceptors (Lipinski definition) is 2. The van der Waals surface area contributed by atoms with Gasteiger partial charge < -0.3 is 10.6 Å². The third-order valence-corrected chi connectivity index (χ3v) is 3.37. The van der Waals surface area contributed by atoms with Crippen molar-refractivity contribution in [1.29, 1.82) is 0 Å². The second-order valence-corrected chi connectivity index (χ2v) is 5.37. The quantitative estimate of drug-likeness (QED) is 0.513. The Morgan fingerprint density at radius 1 is 0.640 bits per heavy atom. The molecule has 0 aliphatic rings. The summed E-state index contributed by atoms with van der Waals surface area (Å²) in [6.45, 7) is 0.764. The molecular weight excluding hydrogens is 346 g/mol. The van der Waals surface area contributed by atoms with Crippen molar-refractivity contribution in [2.45, 2.75) is 18.8 Å². The molecule has 0 fully saturated rings. The molecule has 0 bridgehead atoms. The van der Waals surface area contributed by atoms with Gasteiger partial charge >= 0.3 is 12.4 Å². The largest absolute Gasteiger partial charge is 0.416 e. The zero-order valence-corrected chi connectivity index (χ0v) is 13.0. The number of halogens is 6. The van der Waals surface area contributed by atoms with Crippen molar-refractivity contribution in [3.63, 3.8) is 0 Å². The average Bonchev–Trinajstić information content (AvgIpc) is 2.53. The van der Waals surface area contributed by atoms with Crippen molar-refractivity contribution in [2.75, 3.05) is 23.7 Å². The molecule has 0 aliphatic carbocycles. The standard InChI is InChI=1S/C17H16F6N2/c18-16(19,20)12-9-13(17(21,22)23)11-15(10-12)25-8-4-7-24-14-5-2-1-3-6-14/h1-3,5-6,9-11,24-25H,4,7-8H2. The average molecular weight is 362 g/mol. The molecule has 0 aliphatic heterocycles. The Kier molecular flexibility index (Phi) is 5.81. The van der Waals surface area contributed by atoms with Crippen LogP contribution in [0.5, 0.6) is 0 Å². The molecule has 2 rings (SSSR count). The van der Waals surface area contributed by atoms with Crippen LogP contribution in [-0.2, 0) is 12.4 Å². The first-order valence-corrected chi connectivity index (χ1v) is 7.48. The van der Waals surface area contributed by atoms with E-state index >= 15 is 0 Å². The first-order valence-electron chi connectivity index (χ1n) is 7.48. The molecule has 0 aromatic heterocycles. The van der Waals surface area contributed by atoms with Gasteiger partial charge in [-0.05, 0) is 36.8 Å². The van der Waals surface area contributed by atoms with Crippen LogP contribution in [0.4, 0.5) is 37.7 Å². The van der Waals surface area contributed by atoms with E-state index in [1.165, 1.54) is 0 Å². The summed E-state index contributed by atoms with van der Waals surface area (Å²) in [5, 5.41) is 5.72. The van der Waals surface area contributed by atoms with E-state index in [1.807, 2.05) is 30.3 Å². The fourth-order valence-electron chi connectivity index (χ4n) is 2.17. The van der Waals surface area contributed by atoms with Gasteiger partial charge in [-0.2, -0.15) is 26.3 Å². The summed E-state index contributed by atoms with van der Waals surface area (Å²) in [6, 6.07) is 10.7. The molecule has 2 nitrogen and oxygen atoms in total. The molecular formula is C17H16F6N2. The second-order valence-electron chi connectivity index (χ2n) is 5.37. The van der Waals surface area contributed by atoms with Gasteiger partial charge in [-0.3, -0.25) is 0 Å². The number of hydrogen-bond donors (Lipinski definition) is 2. The second kappa shape index (κ2) is 7.67. The molecule has 2 N–H and O–H groups in total. The molecule has 2 aromatic rings. The van der Waals surface area contributed by atoms with Gasteiger partial charge in [0.15, 0.2) is 0 Å². The third kappa shape index (κ3) is 5.88. The van der Waals surface area contributed by atoms with E-state index in [0.29, 0.717) is 25.1 Å². The minimum atomic E-state index is -4.84. The predicted octanol–water partition coefficient (Wildman–Crippen LogP) is 5.64. The van der Waals surface area contributed by atoms with Gasteiger partial charge in [-0.15, -0.1) is 0 Å². The van der Waals surface area contributed by atoms with Crippen molar-refractivity contribution >= 4 is 11.4 Å². The first-order chi connectivity index (χ1) is 11.7. The lowest BCUT2D eigenvalue weighted by atomic mass is 10.1. The number of rotatable bonds is 6. The molecule has 0 atom stereocenters. The van der Waals surface area contributed by atoms with Crippen LogP contribution in [0.1, 0.15) is 17.5 Å². The molecule has 0 saturated carbocycles. The smallest absolute Gasteiger partial charge is 0.385 e. The highest BCUT2D eigenvalue weighted by Crippen LogP contribution is 2.37. The molecule has 0 spiro atoms. The topological polar surface area (TPSA) is 24.1 Å². The van der Waals surface area contributed by atoms with Crippen LogP contribution >= 0.6 is 0 Å². The maximum atomic E-state index is 12.8. The normalized spacial score (nSPS) is 12.1. The first kappa shape index (κ1) is 19.0. The van der Waals surface area contributed by atoms with E-state index < -0.39 is 23.5 Å². The fourth-order valence-corrected chi connectivity index (χ4v) is 2.17. The van der Waals surface area contributed by atoms with Gasteiger partial charge in [0.2, 0.25) is 0 Å². The summed E-state index contributed by atoms with van der Waals surface area (Å²) in [4.78, 5) is 0. The minimum Gasteiger partial charge on any atom is -0.385 e. The summed E-state index contributed by atoms with van der Waals surface area (Å²) in [6.07, 6.45) is -9.16. The highest BCUT2D eigenvalue weighted by Gasteiger charge is 2.36. The number of benzene rings is 2. The zero-order valence-electron chi connectivity index (χ0n) is 13.0. The third-order valence-electron chi connectivity index (χ3n) is 3.37. The summed E-state index contributed by atoms with van der Waals surface area (Å²) in [5.74, 6) is 0. The lowest BCUT2D eigenvalue weighted by Gasteiger charge is -2.15. The summed E-state index contributed by atoms with van der Waals surface area (Å²) < 4.78 is 76.6. The SMILES string of the molecule is FC(F)(F)c1cc(NCCCNc2ccccc2)cc(C(F)(F)F)c1. The maximum absolute atomic E-state index is 12.8. The van der Waals surface area contributed by atoms with Crippen molar-refractivity contribution in [3.05, 3.63) is 59.7 Å². The maximum Gasteiger partial charge on any atom is 0.416 e. The lowest BCUT2D eigenvalue weighted by molar-refractivity contribution is -0.143. The van der Waals surface area contributed by atoms with Crippen LogP contribution < -0.4 is 10.6 Å². The Bertz CT molecular complexity index is 648. The Morgan fingerprint density at radius 2 is 1.12 bits per heavy atom. The fraction of sp³-hybridized carbons (Fsp3) is 0.294. The van der Waals surface area contributed by atoms with E-state index in [-0.39, 0.29) is 18.3 Å². The molecule has 2 aromatic carbocycles. The molecule has 136 valence electrons. The monoisotopic (exact) mass is 362 g/mol. The number of nitrogens with one attached hydrogen (secondary N) is 2. The summed E-state index contributed by atoms with van der Waals surface area (Å²) >= 11 is 0. The zero-order chi connectivity index (χ0) is 18.5. The molecule has 0 amide bonds. The predicted molar refractivity (Wildman–Crippen MR) is 84.5 cm³/mol. The van der Waals surface area contributed by atoms with Gasteiger partial charge in [0.05, 0.1) is 11.1 Å². The Hall–Kier alpha value is -2.38. The van der Waals surface area contributed by atoms with Crippen LogP contribution in [0.25, 0.3) is 0 Å². The Morgan fingerprint density at radius 3 is 1.60 bits per heavy atom. The van der Waals surface area contributed by atoms with Gasteiger partial charge in [-0.1, -0.05) is 18.2 Å². The van der Waals surface area contributed by atoms with Crippen molar-refractivity contribution in [3.8, 4) is 0 Å². The van der Waals surface area contributed by atoms with Gasteiger partial charge in [0.1, 0.15) is 0 Å². The lowest BCUT2D eigenvalue weighted by Crippen LogP contribution is -2.13. The Labute approximate surface area is 140 Å². The van der Waals surface area contributed by atoms with E-state index in [4.69, 9.17) is 0 Å². The molecule has 25 heavy (non-hydrogen) atoms. The number of anilines is 2. The van der Waals surface area contributed by atoms with Crippen LogP contribution in [0.2, 0.25) is 0 Å². The van der Waals surface area contributed by atoms with Crippen LogP contribution in [0.3, 0.4) is 0 Å². The van der Waals surface area contributed by atoms with Gasteiger partial charge in [0, 0.05) is 24.5 Å². The molecule has 0 heterocycles. The van der Waals surface area contributed by atoms with E-state index in [0.717, 1.165) is 5.69 Å². The minimum absolute atomic E-state index is 0.113.